The number of rotatable bonds is 6. The number of likely N-dealkylation sites (tertiary alicyclic amines) is 1. The lowest BCUT2D eigenvalue weighted by atomic mass is 9.98. The average molecular weight is 436 g/mol. The Hall–Kier alpha value is -1.44. The second-order valence-corrected chi connectivity index (χ2v) is 11.4. The first-order valence-electron chi connectivity index (χ1n) is 11.3. The van der Waals surface area contributed by atoms with Gasteiger partial charge in [-0.3, -0.25) is 9.69 Å². The van der Waals surface area contributed by atoms with E-state index in [0.717, 1.165) is 37.9 Å². The van der Waals surface area contributed by atoms with Gasteiger partial charge in [0, 0.05) is 30.2 Å². The van der Waals surface area contributed by atoms with E-state index in [0.29, 0.717) is 18.7 Å². The van der Waals surface area contributed by atoms with Crippen molar-refractivity contribution in [1.82, 2.24) is 14.5 Å². The molecule has 1 aromatic rings. The van der Waals surface area contributed by atoms with Crippen LogP contribution in [0.2, 0.25) is 0 Å². The first-order valence-corrected chi connectivity index (χ1v) is 12.7. The van der Waals surface area contributed by atoms with Crippen LogP contribution < -0.4 is 5.32 Å². The monoisotopic (exact) mass is 435 g/mol. The molecule has 2 aliphatic heterocycles. The van der Waals surface area contributed by atoms with Crippen LogP contribution >= 0.6 is 0 Å². The minimum absolute atomic E-state index is 0.00679. The maximum absolute atomic E-state index is 13.2. The largest absolute Gasteiger partial charge is 0.350 e. The summed E-state index contributed by atoms with van der Waals surface area (Å²) in [5, 5.41) is 3.06. The number of carbonyl (C=O) groups is 1. The molecule has 1 atom stereocenters. The topological polar surface area (TPSA) is 69.7 Å². The van der Waals surface area contributed by atoms with Crippen LogP contribution in [0, 0.1) is 6.92 Å². The number of hydrogen-bond donors (Lipinski definition) is 1. The predicted molar refractivity (Wildman–Crippen MR) is 120 cm³/mol. The molecule has 1 N–H and O–H groups in total. The number of carbonyl (C=O) groups excluding carboxylic acids is 1. The van der Waals surface area contributed by atoms with Crippen LogP contribution in [0.4, 0.5) is 0 Å². The second-order valence-electron chi connectivity index (χ2n) is 9.48. The molecule has 7 heteroatoms. The number of benzene rings is 1. The van der Waals surface area contributed by atoms with Crippen molar-refractivity contribution in [1.29, 1.82) is 0 Å². The molecular formula is C23H37N3O3S. The zero-order valence-corrected chi connectivity index (χ0v) is 19.7. The van der Waals surface area contributed by atoms with Gasteiger partial charge in [0.05, 0.1) is 4.90 Å². The molecule has 0 spiro atoms. The highest BCUT2D eigenvalue weighted by atomic mass is 32.2. The Balaban J connectivity index is 1.75. The summed E-state index contributed by atoms with van der Waals surface area (Å²) in [7, 11) is -3.60. The van der Waals surface area contributed by atoms with E-state index in [2.05, 4.69) is 24.1 Å². The molecule has 0 saturated carbocycles. The van der Waals surface area contributed by atoms with Gasteiger partial charge in [-0.1, -0.05) is 18.9 Å². The third-order valence-electron chi connectivity index (χ3n) is 6.70. The van der Waals surface area contributed by atoms with E-state index in [1.165, 1.54) is 19.3 Å². The van der Waals surface area contributed by atoms with Crippen LogP contribution in [-0.4, -0.2) is 61.3 Å². The lowest BCUT2D eigenvalue weighted by Gasteiger charge is -2.41. The summed E-state index contributed by atoms with van der Waals surface area (Å²) < 4.78 is 28.0. The molecule has 2 fully saturated rings. The van der Waals surface area contributed by atoms with Gasteiger partial charge in [0.2, 0.25) is 10.0 Å². The number of piperidine rings is 2. The van der Waals surface area contributed by atoms with Crippen LogP contribution in [-0.2, 0) is 10.0 Å². The van der Waals surface area contributed by atoms with E-state index in [-0.39, 0.29) is 22.4 Å². The molecule has 2 saturated heterocycles. The molecule has 168 valence electrons. The summed E-state index contributed by atoms with van der Waals surface area (Å²) in [5.74, 6) is -0.207. The van der Waals surface area contributed by atoms with Crippen molar-refractivity contribution in [3.05, 3.63) is 29.3 Å². The van der Waals surface area contributed by atoms with Crippen molar-refractivity contribution < 1.29 is 13.2 Å². The number of aryl methyl sites for hydroxylation is 1. The zero-order valence-electron chi connectivity index (χ0n) is 18.9. The minimum atomic E-state index is -3.60. The van der Waals surface area contributed by atoms with Crippen LogP contribution in [0.15, 0.2) is 23.1 Å². The lowest BCUT2D eigenvalue weighted by molar-refractivity contribution is 0.0797. The fraction of sp³-hybridized carbons (Fsp3) is 0.696. The Labute approximate surface area is 182 Å². The van der Waals surface area contributed by atoms with Gasteiger partial charge in [-0.15, -0.1) is 0 Å². The Kier molecular flexibility index (Phi) is 7.25. The Bertz CT molecular complexity index is 860. The first kappa shape index (κ1) is 23.2. The molecule has 0 radical (unpaired) electrons. The van der Waals surface area contributed by atoms with E-state index in [4.69, 9.17) is 0 Å². The number of hydrogen-bond acceptors (Lipinski definition) is 4. The Morgan fingerprint density at radius 1 is 1.10 bits per heavy atom. The van der Waals surface area contributed by atoms with Gasteiger partial charge in [0.1, 0.15) is 0 Å². The molecule has 0 aliphatic carbocycles. The van der Waals surface area contributed by atoms with Gasteiger partial charge in [0.15, 0.2) is 0 Å². The quantitative estimate of drug-likeness (QED) is 0.742. The number of nitrogens with zero attached hydrogens (tertiary/aromatic N) is 2. The fourth-order valence-corrected chi connectivity index (χ4v) is 6.30. The maximum atomic E-state index is 13.2. The molecule has 3 rings (SSSR count). The van der Waals surface area contributed by atoms with Gasteiger partial charge in [-0.05, 0) is 84.2 Å². The van der Waals surface area contributed by atoms with Gasteiger partial charge in [-0.2, -0.15) is 4.31 Å². The van der Waals surface area contributed by atoms with Crippen LogP contribution in [0.1, 0.15) is 75.2 Å². The molecule has 0 aromatic heterocycles. The van der Waals surface area contributed by atoms with Crippen molar-refractivity contribution in [2.24, 2.45) is 0 Å². The molecular weight excluding hydrogens is 398 g/mol. The summed E-state index contributed by atoms with van der Waals surface area (Å²) in [5.41, 5.74) is 1.10. The number of nitrogens with one attached hydrogen (secondary N) is 1. The third kappa shape index (κ3) is 5.06. The van der Waals surface area contributed by atoms with Crippen LogP contribution in [0.25, 0.3) is 0 Å². The van der Waals surface area contributed by atoms with Crippen molar-refractivity contribution in [2.45, 2.75) is 82.7 Å². The smallest absolute Gasteiger partial charge is 0.251 e. The van der Waals surface area contributed by atoms with Crippen molar-refractivity contribution in [3.63, 3.8) is 0 Å². The van der Waals surface area contributed by atoms with Crippen LogP contribution in [0.3, 0.4) is 0 Å². The van der Waals surface area contributed by atoms with E-state index >= 15 is 0 Å². The molecule has 2 heterocycles. The summed E-state index contributed by atoms with van der Waals surface area (Å²) >= 11 is 0. The summed E-state index contributed by atoms with van der Waals surface area (Å²) in [6.07, 6.45) is 6.49. The van der Waals surface area contributed by atoms with Gasteiger partial charge in [0.25, 0.3) is 5.91 Å². The molecule has 6 nitrogen and oxygen atoms in total. The van der Waals surface area contributed by atoms with E-state index < -0.39 is 10.0 Å². The van der Waals surface area contributed by atoms with E-state index in [1.54, 1.807) is 22.5 Å². The summed E-state index contributed by atoms with van der Waals surface area (Å²) in [4.78, 5) is 15.6. The van der Waals surface area contributed by atoms with Crippen molar-refractivity contribution in [3.8, 4) is 0 Å². The zero-order chi connectivity index (χ0) is 21.9. The number of sulfonamides is 1. The van der Waals surface area contributed by atoms with E-state index in [1.807, 2.05) is 13.8 Å². The molecule has 30 heavy (non-hydrogen) atoms. The Morgan fingerprint density at radius 3 is 2.43 bits per heavy atom. The fourth-order valence-electron chi connectivity index (χ4n) is 4.57. The number of amides is 1. The normalized spacial score (nSPS) is 22.1. The summed E-state index contributed by atoms with van der Waals surface area (Å²) in [6.45, 7) is 11.3. The highest BCUT2D eigenvalue weighted by molar-refractivity contribution is 7.89. The average Bonchev–Trinajstić information content (AvgIpc) is 2.73. The summed E-state index contributed by atoms with van der Waals surface area (Å²) in [6, 6.07) is 4.91. The molecule has 0 bridgehead atoms. The van der Waals surface area contributed by atoms with Gasteiger partial charge >= 0.3 is 0 Å². The SMILES string of the molecule is Cc1ccc(S(=O)(=O)N2CCCCC2C)cc1C(=O)NCC(C)(C)N1CCCCC1. The molecule has 1 unspecified atom stereocenters. The van der Waals surface area contributed by atoms with Crippen molar-refractivity contribution in [2.75, 3.05) is 26.2 Å². The van der Waals surface area contributed by atoms with Gasteiger partial charge in [-0.25, -0.2) is 8.42 Å². The first-order chi connectivity index (χ1) is 14.1. The lowest BCUT2D eigenvalue weighted by Crippen LogP contribution is -2.53. The van der Waals surface area contributed by atoms with Crippen LogP contribution in [0.5, 0.6) is 0 Å². The predicted octanol–water partition coefficient (Wildman–Crippen LogP) is 3.55. The Morgan fingerprint density at radius 2 is 1.77 bits per heavy atom. The minimum Gasteiger partial charge on any atom is -0.350 e. The third-order valence-corrected chi connectivity index (χ3v) is 8.71. The molecule has 1 aromatic carbocycles. The van der Waals surface area contributed by atoms with E-state index in [9.17, 15) is 13.2 Å². The maximum Gasteiger partial charge on any atom is 0.251 e. The highest BCUT2D eigenvalue weighted by Gasteiger charge is 2.32. The standard InChI is InChI=1S/C23H37N3O3S/c1-18-11-12-20(30(28,29)26-15-9-6-10-19(26)2)16-21(18)22(27)24-17-23(3,4)25-13-7-5-8-14-25/h11-12,16,19H,5-10,13-15,17H2,1-4H3,(H,24,27). The second kappa shape index (κ2) is 9.37. The molecule has 1 amide bonds. The molecule has 2 aliphatic rings. The highest BCUT2D eigenvalue weighted by Crippen LogP contribution is 2.26. The van der Waals surface area contributed by atoms with Gasteiger partial charge < -0.3 is 5.32 Å². The van der Waals surface area contributed by atoms with Crippen molar-refractivity contribution >= 4 is 15.9 Å².